The Balaban J connectivity index is 1.35. The smallest absolute Gasteiger partial charge is 0.453 e. The first-order valence-corrected chi connectivity index (χ1v) is 9.55. The summed E-state index contributed by atoms with van der Waals surface area (Å²) in [6.45, 7) is 0.967. The van der Waals surface area contributed by atoms with Crippen LogP contribution in [0.1, 0.15) is 24.5 Å². The number of carbonyl (C=O) groups excluding carboxylic acids is 2. The van der Waals surface area contributed by atoms with Gasteiger partial charge in [-0.3, -0.25) is 9.89 Å². The zero-order valence-electron chi connectivity index (χ0n) is 16.2. The molecule has 2 aliphatic heterocycles. The highest BCUT2D eigenvalue weighted by molar-refractivity contribution is 5.94. The van der Waals surface area contributed by atoms with E-state index in [9.17, 15) is 22.8 Å². The highest BCUT2D eigenvalue weighted by atomic mass is 19.4. The first kappa shape index (κ1) is 20.8. The molecule has 0 saturated carbocycles. The van der Waals surface area contributed by atoms with Crippen molar-refractivity contribution < 1.29 is 32.2 Å². The number of fused-ring (bicyclic) bond motifs is 1. The summed E-state index contributed by atoms with van der Waals surface area (Å²) in [6, 6.07) is 3.78. The van der Waals surface area contributed by atoms with Crippen LogP contribution in [-0.2, 0) is 17.5 Å². The summed E-state index contributed by atoms with van der Waals surface area (Å²) in [5.41, 5.74) is 0.488. The van der Waals surface area contributed by atoms with E-state index < -0.39 is 30.0 Å². The van der Waals surface area contributed by atoms with Gasteiger partial charge < -0.3 is 25.0 Å². The SMILES string of the molecule is O=C(NCc1nc(C(F)(F)F)n[nH]1)C1CCCN1C(=O)Nc1ccc2c(c1)OCCO2. The first-order chi connectivity index (χ1) is 14.8. The lowest BCUT2D eigenvalue weighted by atomic mass is 10.2. The van der Waals surface area contributed by atoms with Crippen molar-refractivity contribution in [3.8, 4) is 11.5 Å². The van der Waals surface area contributed by atoms with Gasteiger partial charge in [-0.2, -0.15) is 13.2 Å². The van der Waals surface area contributed by atoms with E-state index in [0.29, 0.717) is 49.8 Å². The Kier molecular flexibility index (Phi) is 5.57. The zero-order chi connectivity index (χ0) is 22.0. The molecule has 0 aliphatic carbocycles. The maximum atomic E-state index is 12.7. The molecule has 4 rings (SSSR count). The predicted octanol–water partition coefficient (Wildman–Crippen LogP) is 1.91. The number of halogens is 3. The molecule has 3 N–H and O–H groups in total. The number of nitrogens with one attached hydrogen (secondary N) is 3. The van der Waals surface area contributed by atoms with Crippen molar-refractivity contribution in [2.24, 2.45) is 0 Å². The number of hydrogen-bond acceptors (Lipinski definition) is 6. The van der Waals surface area contributed by atoms with Gasteiger partial charge in [-0.1, -0.05) is 0 Å². The second-order valence-electron chi connectivity index (χ2n) is 6.96. The van der Waals surface area contributed by atoms with Gasteiger partial charge in [0.15, 0.2) is 11.5 Å². The minimum absolute atomic E-state index is 0.133. The van der Waals surface area contributed by atoms with Crippen LogP contribution in [0, 0.1) is 0 Å². The molecule has 10 nitrogen and oxygen atoms in total. The summed E-state index contributed by atoms with van der Waals surface area (Å²) in [5, 5.41) is 10.4. The average Bonchev–Trinajstić information content (AvgIpc) is 3.41. The van der Waals surface area contributed by atoms with Gasteiger partial charge in [-0.05, 0) is 25.0 Å². The fraction of sp³-hybridized carbons (Fsp3) is 0.444. The highest BCUT2D eigenvalue weighted by Crippen LogP contribution is 2.33. The molecular weight excluding hydrogens is 421 g/mol. The summed E-state index contributed by atoms with van der Waals surface area (Å²) in [6.07, 6.45) is -3.62. The maximum Gasteiger partial charge on any atom is 0.453 e. The van der Waals surface area contributed by atoms with Crippen LogP contribution in [0.3, 0.4) is 0 Å². The number of rotatable bonds is 4. The Morgan fingerprint density at radius 1 is 1.23 bits per heavy atom. The fourth-order valence-electron chi connectivity index (χ4n) is 3.39. The second-order valence-corrected chi connectivity index (χ2v) is 6.96. The Morgan fingerprint density at radius 2 is 2.00 bits per heavy atom. The van der Waals surface area contributed by atoms with E-state index in [1.54, 1.807) is 18.2 Å². The summed E-state index contributed by atoms with van der Waals surface area (Å²) in [4.78, 5) is 29.9. The van der Waals surface area contributed by atoms with Gasteiger partial charge in [0, 0.05) is 18.3 Å². The van der Waals surface area contributed by atoms with Crippen molar-refractivity contribution in [2.75, 3.05) is 25.1 Å². The number of urea groups is 1. The number of aromatic nitrogens is 3. The topological polar surface area (TPSA) is 121 Å². The Bertz CT molecular complexity index is 979. The summed E-state index contributed by atoms with van der Waals surface area (Å²) >= 11 is 0. The highest BCUT2D eigenvalue weighted by Gasteiger charge is 2.37. The lowest BCUT2D eigenvalue weighted by Crippen LogP contribution is -2.47. The molecule has 166 valence electrons. The van der Waals surface area contributed by atoms with E-state index in [1.807, 2.05) is 0 Å². The number of amides is 3. The average molecular weight is 440 g/mol. The van der Waals surface area contributed by atoms with E-state index in [4.69, 9.17) is 9.47 Å². The molecule has 1 saturated heterocycles. The van der Waals surface area contributed by atoms with Crippen molar-refractivity contribution in [3.63, 3.8) is 0 Å². The normalized spacial score (nSPS) is 18.0. The molecule has 2 aromatic rings. The third-order valence-electron chi connectivity index (χ3n) is 4.83. The van der Waals surface area contributed by atoms with Gasteiger partial charge in [0.1, 0.15) is 25.1 Å². The molecule has 1 aromatic carbocycles. The quantitative estimate of drug-likeness (QED) is 0.668. The number of hydrogen-bond donors (Lipinski definition) is 3. The van der Waals surface area contributed by atoms with Gasteiger partial charge in [0.2, 0.25) is 5.91 Å². The van der Waals surface area contributed by atoms with E-state index in [2.05, 4.69) is 25.8 Å². The molecule has 31 heavy (non-hydrogen) atoms. The zero-order valence-corrected chi connectivity index (χ0v) is 16.2. The monoisotopic (exact) mass is 440 g/mol. The molecule has 3 amide bonds. The molecule has 0 spiro atoms. The van der Waals surface area contributed by atoms with Gasteiger partial charge in [-0.25, -0.2) is 9.78 Å². The second kappa shape index (κ2) is 8.32. The maximum absolute atomic E-state index is 12.7. The summed E-state index contributed by atoms with van der Waals surface area (Å²) in [5.74, 6) is -0.822. The Hall–Kier alpha value is -3.51. The van der Waals surface area contributed by atoms with Gasteiger partial charge in [-0.15, -0.1) is 5.10 Å². The van der Waals surface area contributed by atoms with Crippen LogP contribution in [0.5, 0.6) is 11.5 Å². The van der Waals surface area contributed by atoms with Crippen LogP contribution < -0.4 is 20.1 Å². The standard InChI is InChI=1S/C18H19F3N6O4/c19-18(20,21)16-24-14(25-26-16)9-22-15(28)11-2-1-5-27(11)17(29)23-10-3-4-12-13(8-10)31-7-6-30-12/h3-4,8,11H,1-2,5-7,9H2,(H,22,28)(H,23,29)(H,24,25,26). The number of aromatic amines is 1. The minimum atomic E-state index is -4.67. The van der Waals surface area contributed by atoms with Crippen LogP contribution >= 0.6 is 0 Å². The lowest BCUT2D eigenvalue weighted by Gasteiger charge is -2.24. The van der Waals surface area contributed by atoms with Crippen LogP contribution in [0.15, 0.2) is 18.2 Å². The number of alkyl halides is 3. The fourth-order valence-corrected chi connectivity index (χ4v) is 3.39. The molecule has 1 fully saturated rings. The molecule has 13 heteroatoms. The van der Waals surface area contributed by atoms with Crippen LogP contribution in [0.2, 0.25) is 0 Å². The molecule has 1 aromatic heterocycles. The Labute approximate surface area is 174 Å². The predicted molar refractivity (Wildman–Crippen MR) is 99.4 cm³/mol. The largest absolute Gasteiger partial charge is 0.486 e. The van der Waals surface area contributed by atoms with Crippen LogP contribution in [0.4, 0.5) is 23.7 Å². The Morgan fingerprint density at radius 3 is 2.74 bits per heavy atom. The van der Waals surface area contributed by atoms with Gasteiger partial charge >= 0.3 is 12.2 Å². The van der Waals surface area contributed by atoms with Crippen molar-refractivity contribution >= 4 is 17.6 Å². The van der Waals surface area contributed by atoms with Crippen molar-refractivity contribution in [1.82, 2.24) is 25.4 Å². The number of benzene rings is 1. The van der Waals surface area contributed by atoms with Crippen molar-refractivity contribution in [3.05, 3.63) is 29.8 Å². The van der Waals surface area contributed by atoms with E-state index in [1.165, 1.54) is 4.90 Å². The molecular formula is C18H19F3N6O4. The lowest BCUT2D eigenvalue weighted by molar-refractivity contribution is -0.144. The molecule has 1 atom stereocenters. The van der Waals surface area contributed by atoms with Crippen molar-refractivity contribution in [1.29, 1.82) is 0 Å². The first-order valence-electron chi connectivity index (χ1n) is 9.55. The molecule has 3 heterocycles. The molecule has 0 bridgehead atoms. The van der Waals surface area contributed by atoms with Crippen LogP contribution in [-0.4, -0.2) is 57.8 Å². The molecule has 2 aliphatic rings. The van der Waals surface area contributed by atoms with Crippen molar-refractivity contribution in [2.45, 2.75) is 31.6 Å². The number of nitrogens with zero attached hydrogens (tertiary/aromatic N) is 3. The van der Waals surface area contributed by atoms with E-state index in [0.717, 1.165) is 0 Å². The van der Waals surface area contributed by atoms with Crippen LogP contribution in [0.25, 0.3) is 0 Å². The third kappa shape index (κ3) is 4.64. The van der Waals surface area contributed by atoms with E-state index >= 15 is 0 Å². The number of carbonyl (C=O) groups is 2. The molecule has 1 unspecified atom stereocenters. The minimum Gasteiger partial charge on any atom is -0.486 e. The molecule has 0 radical (unpaired) electrons. The van der Waals surface area contributed by atoms with E-state index in [-0.39, 0.29) is 12.4 Å². The number of ether oxygens (including phenoxy) is 2. The third-order valence-corrected chi connectivity index (χ3v) is 4.83. The summed E-state index contributed by atoms with van der Waals surface area (Å²) in [7, 11) is 0. The number of H-pyrrole nitrogens is 1. The summed E-state index contributed by atoms with van der Waals surface area (Å²) < 4.78 is 48.6. The van der Waals surface area contributed by atoms with Gasteiger partial charge in [0.25, 0.3) is 5.82 Å². The number of likely N-dealkylation sites (tertiary alicyclic amines) is 1. The van der Waals surface area contributed by atoms with Gasteiger partial charge in [0.05, 0.1) is 6.54 Å². The number of anilines is 1.